The lowest BCUT2D eigenvalue weighted by Gasteiger charge is -2.29. The summed E-state index contributed by atoms with van der Waals surface area (Å²) < 4.78 is 16.5. The molecule has 0 bridgehead atoms. The Labute approximate surface area is 401 Å². The zero-order chi connectivity index (χ0) is 46.2. The average molecular weight is 888 g/mol. The Kier molecular flexibility index (Phi) is 9.38. The zero-order valence-corrected chi connectivity index (χ0v) is 38.3. The van der Waals surface area contributed by atoms with Gasteiger partial charge in [0, 0.05) is 56.0 Å². The van der Waals surface area contributed by atoms with E-state index in [1.807, 2.05) is 12.1 Å². The van der Waals surface area contributed by atoms with Crippen LogP contribution in [0.1, 0.15) is 25.0 Å². The largest absolute Gasteiger partial charge is 0.311 e. The fraction of sp³-hybridized carbons (Fsp3) is 0.0462. The molecule has 12 aromatic rings. The normalized spacial score (nSPS) is 12.7. The van der Waals surface area contributed by atoms with E-state index in [2.05, 4.69) is 247 Å². The molecule has 1 heterocycles. The molecular formula is C65H46FN3. The van der Waals surface area contributed by atoms with Gasteiger partial charge in [0.2, 0.25) is 0 Å². The van der Waals surface area contributed by atoms with Crippen LogP contribution in [0.15, 0.2) is 243 Å². The highest BCUT2D eigenvalue weighted by Crippen LogP contribution is 2.52. The minimum Gasteiger partial charge on any atom is -0.311 e. The molecule has 0 radical (unpaired) electrons. The summed E-state index contributed by atoms with van der Waals surface area (Å²) in [7, 11) is 0. The second kappa shape index (κ2) is 16.0. The number of aromatic nitrogens is 1. The number of hydrogen-bond acceptors (Lipinski definition) is 2. The van der Waals surface area contributed by atoms with Crippen LogP contribution in [0.25, 0.3) is 71.6 Å². The third-order valence-corrected chi connectivity index (χ3v) is 14.4. The minimum absolute atomic E-state index is 0.240. The molecule has 0 saturated carbocycles. The van der Waals surface area contributed by atoms with Gasteiger partial charge >= 0.3 is 0 Å². The number of hydrogen-bond donors (Lipinski definition) is 0. The lowest BCUT2D eigenvalue weighted by molar-refractivity contribution is 0.627. The quantitative estimate of drug-likeness (QED) is 0.134. The van der Waals surface area contributed by atoms with Gasteiger partial charge in [0.25, 0.3) is 0 Å². The summed E-state index contributed by atoms with van der Waals surface area (Å²) in [6.45, 7) is 4.73. The fourth-order valence-corrected chi connectivity index (χ4v) is 11.0. The molecule has 1 aliphatic rings. The van der Waals surface area contributed by atoms with E-state index < -0.39 is 0 Å². The van der Waals surface area contributed by atoms with E-state index in [4.69, 9.17) is 0 Å². The zero-order valence-electron chi connectivity index (χ0n) is 38.3. The molecule has 0 fully saturated rings. The third kappa shape index (κ3) is 6.71. The number of anilines is 6. The van der Waals surface area contributed by atoms with Gasteiger partial charge in [0.05, 0.1) is 11.0 Å². The van der Waals surface area contributed by atoms with Crippen molar-refractivity contribution in [2.45, 2.75) is 19.3 Å². The maximum Gasteiger partial charge on any atom is 0.123 e. The molecule has 1 aliphatic carbocycles. The number of fused-ring (bicyclic) bond motifs is 3. The summed E-state index contributed by atoms with van der Waals surface area (Å²) in [6, 6.07) is 86.1. The van der Waals surface area contributed by atoms with Crippen LogP contribution in [0, 0.1) is 5.82 Å². The summed E-state index contributed by atoms with van der Waals surface area (Å²) in [5.41, 5.74) is 19.3. The van der Waals surface area contributed by atoms with Crippen LogP contribution in [0.4, 0.5) is 38.5 Å². The van der Waals surface area contributed by atoms with Crippen LogP contribution < -0.4 is 9.80 Å². The molecule has 0 amide bonds. The van der Waals surface area contributed by atoms with Gasteiger partial charge in [-0.05, 0) is 177 Å². The monoisotopic (exact) mass is 887 g/mol. The average Bonchev–Trinajstić information content (AvgIpc) is 3.85. The summed E-state index contributed by atoms with van der Waals surface area (Å²) in [4.78, 5) is 4.69. The van der Waals surface area contributed by atoms with Crippen molar-refractivity contribution in [1.29, 1.82) is 0 Å². The topological polar surface area (TPSA) is 11.4 Å². The fourth-order valence-electron chi connectivity index (χ4n) is 11.0. The van der Waals surface area contributed by atoms with Gasteiger partial charge in [-0.1, -0.05) is 135 Å². The molecule has 0 N–H and O–H groups in total. The van der Waals surface area contributed by atoms with Gasteiger partial charge in [0.15, 0.2) is 0 Å². The first-order chi connectivity index (χ1) is 33.9. The van der Waals surface area contributed by atoms with Crippen molar-refractivity contribution in [3.8, 4) is 39.1 Å². The molecule has 1 aromatic heterocycles. The molecule has 13 rings (SSSR count). The molecule has 69 heavy (non-hydrogen) atoms. The maximum atomic E-state index is 14.2. The Morgan fingerprint density at radius 2 is 0.841 bits per heavy atom. The number of para-hydroxylation sites is 2. The lowest BCUT2D eigenvalue weighted by atomic mass is 9.81. The molecule has 328 valence electrons. The molecule has 3 nitrogen and oxygen atoms in total. The van der Waals surface area contributed by atoms with Crippen LogP contribution in [0.5, 0.6) is 0 Å². The predicted octanol–water partition coefficient (Wildman–Crippen LogP) is 18.1. The van der Waals surface area contributed by atoms with E-state index in [-0.39, 0.29) is 11.2 Å². The van der Waals surface area contributed by atoms with Gasteiger partial charge in [-0.3, -0.25) is 0 Å². The molecule has 0 spiro atoms. The molecule has 0 saturated heterocycles. The van der Waals surface area contributed by atoms with Gasteiger partial charge in [-0.25, -0.2) is 4.39 Å². The van der Waals surface area contributed by atoms with E-state index in [1.165, 1.54) is 60.5 Å². The molecule has 0 unspecified atom stereocenters. The van der Waals surface area contributed by atoms with Gasteiger partial charge < -0.3 is 14.4 Å². The first kappa shape index (κ1) is 40.5. The van der Waals surface area contributed by atoms with Crippen molar-refractivity contribution >= 4 is 66.7 Å². The number of nitrogens with zero attached hydrogens (tertiary/aromatic N) is 3. The number of benzene rings is 11. The smallest absolute Gasteiger partial charge is 0.123 e. The third-order valence-electron chi connectivity index (χ3n) is 14.4. The second-order valence-electron chi connectivity index (χ2n) is 18.7. The SMILES string of the molecule is CC1(C)c2cc(-c3cc4ccc5cccc6c5c4c(c3)n6-c3ccc(F)cc3)ccc2-c2ccc(N(c3ccc(-c4ccccc4)cc3)c3ccc(N(c4ccccc4)c4ccccc4)cc3)cc21. The van der Waals surface area contributed by atoms with E-state index in [0.29, 0.717) is 0 Å². The Balaban J connectivity index is 0.905. The van der Waals surface area contributed by atoms with E-state index in [0.717, 1.165) is 56.4 Å². The van der Waals surface area contributed by atoms with Crippen LogP contribution in [0.2, 0.25) is 0 Å². The molecule has 4 heteroatoms. The van der Waals surface area contributed by atoms with E-state index in [1.54, 1.807) is 12.1 Å². The van der Waals surface area contributed by atoms with Crippen LogP contribution >= 0.6 is 0 Å². The van der Waals surface area contributed by atoms with Crippen LogP contribution in [-0.2, 0) is 5.41 Å². The van der Waals surface area contributed by atoms with Crippen molar-refractivity contribution in [2.75, 3.05) is 9.80 Å². The highest BCUT2D eigenvalue weighted by Gasteiger charge is 2.36. The Hall–Kier alpha value is -8.73. The van der Waals surface area contributed by atoms with E-state index >= 15 is 0 Å². The standard InChI is InChI=1S/C65H46FN3/c1-65(2)59-40-46(48-39-47-22-21-45-15-12-20-61-63(45)64(47)62(41-48)69(61)55-30-26-49(66)27-31-55)25-37-57(59)58-38-36-56(42-60(58)65)68(52-28-23-44(24-29-52)43-13-6-3-7-14-43)54-34-32-53(33-35-54)67(50-16-8-4-9-17-50)51-18-10-5-11-19-51/h3-42H,1-2H3. The summed E-state index contributed by atoms with van der Waals surface area (Å²) in [5, 5.41) is 4.86. The summed E-state index contributed by atoms with van der Waals surface area (Å²) in [6.07, 6.45) is 0. The first-order valence-corrected chi connectivity index (χ1v) is 23.7. The van der Waals surface area contributed by atoms with Crippen LogP contribution in [-0.4, -0.2) is 4.57 Å². The summed E-state index contributed by atoms with van der Waals surface area (Å²) >= 11 is 0. The van der Waals surface area contributed by atoms with Crippen molar-refractivity contribution < 1.29 is 4.39 Å². The number of rotatable bonds is 9. The van der Waals surface area contributed by atoms with Gasteiger partial charge in [-0.2, -0.15) is 0 Å². The first-order valence-electron chi connectivity index (χ1n) is 23.7. The molecule has 0 aliphatic heterocycles. The van der Waals surface area contributed by atoms with Crippen molar-refractivity contribution in [1.82, 2.24) is 4.57 Å². The molecule has 11 aromatic carbocycles. The van der Waals surface area contributed by atoms with Crippen molar-refractivity contribution in [2.24, 2.45) is 0 Å². The maximum absolute atomic E-state index is 14.2. The second-order valence-corrected chi connectivity index (χ2v) is 18.7. The molecular weight excluding hydrogens is 842 g/mol. The Morgan fingerprint density at radius 1 is 0.348 bits per heavy atom. The highest BCUT2D eigenvalue weighted by molar-refractivity contribution is 6.25. The van der Waals surface area contributed by atoms with Gasteiger partial charge in [-0.15, -0.1) is 0 Å². The van der Waals surface area contributed by atoms with Crippen molar-refractivity contribution in [3.05, 3.63) is 260 Å². The predicted molar refractivity (Wildman–Crippen MR) is 287 cm³/mol. The minimum atomic E-state index is -0.286. The Morgan fingerprint density at radius 3 is 1.49 bits per heavy atom. The summed E-state index contributed by atoms with van der Waals surface area (Å²) in [5.74, 6) is -0.240. The van der Waals surface area contributed by atoms with Crippen molar-refractivity contribution in [3.63, 3.8) is 0 Å². The van der Waals surface area contributed by atoms with E-state index in [9.17, 15) is 4.39 Å². The number of halogens is 1. The van der Waals surface area contributed by atoms with Crippen LogP contribution in [0.3, 0.4) is 0 Å². The lowest BCUT2D eigenvalue weighted by Crippen LogP contribution is -2.17. The Bertz CT molecular complexity index is 3800. The molecule has 0 atom stereocenters. The highest BCUT2D eigenvalue weighted by atomic mass is 19.1. The van der Waals surface area contributed by atoms with Gasteiger partial charge in [0.1, 0.15) is 5.82 Å².